The fourth-order valence-corrected chi connectivity index (χ4v) is 2.49. The van der Waals surface area contributed by atoms with E-state index in [4.69, 9.17) is 11.2 Å². The van der Waals surface area contributed by atoms with Gasteiger partial charge < -0.3 is 4.74 Å². The lowest BCUT2D eigenvalue weighted by Gasteiger charge is -2.30. The van der Waals surface area contributed by atoms with Crippen molar-refractivity contribution in [2.24, 2.45) is 0 Å². The molecule has 1 fully saturated rings. The van der Waals surface area contributed by atoms with Gasteiger partial charge in [0.15, 0.2) is 0 Å². The van der Waals surface area contributed by atoms with E-state index in [0.29, 0.717) is 5.92 Å². The minimum atomic E-state index is -0.544. The van der Waals surface area contributed by atoms with Crippen LogP contribution in [0.5, 0.6) is 0 Å². The van der Waals surface area contributed by atoms with Crippen molar-refractivity contribution < 1.29 is 9.53 Å². The fourth-order valence-electron chi connectivity index (χ4n) is 2.49. The number of hydrogen-bond donors (Lipinski definition) is 0. The Morgan fingerprint density at radius 2 is 1.94 bits per heavy atom. The van der Waals surface area contributed by atoms with Crippen molar-refractivity contribution in [1.82, 2.24) is 0 Å². The lowest BCUT2D eigenvalue weighted by molar-refractivity contribution is -0.144. The molecule has 0 N–H and O–H groups in total. The molecule has 1 aliphatic carbocycles. The molecule has 0 aromatic heterocycles. The predicted molar refractivity (Wildman–Crippen MR) is 66.4 cm³/mol. The molecule has 0 aliphatic heterocycles. The van der Waals surface area contributed by atoms with Crippen molar-refractivity contribution in [2.45, 2.75) is 37.7 Å². The first-order valence-corrected chi connectivity index (χ1v) is 6.03. The van der Waals surface area contributed by atoms with Crippen molar-refractivity contribution >= 4 is 5.97 Å². The Morgan fingerprint density at radius 1 is 1.24 bits per heavy atom. The number of ether oxygens (including phenoxy) is 1. The Hall–Kier alpha value is -1.75. The quantitative estimate of drug-likeness (QED) is 0.442. The van der Waals surface area contributed by atoms with Gasteiger partial charge in [-0.1, -0.05) is 36.8 Å². The molecule has 0 unspecified atom stereocenters. The van der Waals surface area contributed by atoms with E-state index in [2.05, 4.69) is 12.1 Å². The molecule has 1 saturated carbocycles. The molecule has 0 radical (unpaired) electrons. The maximum absolute atomic E-state index is 11.2. The van der Waals surface area contributed by atoms with E-state index in [9.17, 15) is 4.79 Å². The average molecular weight is 228 g/mol. The monoisotopic (exact) mass is 228 g/mol. The molecule has 0 amide bonds. The van der Waals surface area contributed by atoms with Crippen molar-refractivity contribution in [3.8, 4) is 12.3 Å². The molecule has 1 aromatic carbocycles. The van der Waals surface area contributed by atoms with Gasteiger partial charge in [0.2, 0.25) is 0 Å². The van der Waals surface area contributed by atoms with Gasteiger partial charge in [-0.25, -0.2) is 4.79 Å². The standard InChI is InChI=1S/C15H16O2/c1-2-15(16)17-14-11-7-6-10-13(14)12-8-4-3-5-9-12/h1,3-5,8-9,13-14H,6-7,10-11H2/t13-,14+/m0/s1. The molecule has 88 valence electrons. The van der Waals surface area contributed by atoms with Crippen LogP contribution in [0.15, 0.2) is 30.3 Å². The largest absolute Gasteiger partial charge is 0.452 e. The second-order valence-corrected chi connectivity index (χ2v) is 4.39. The highest BCUT2D eigenvalue weighted by molar-refractivity contribution is 5.87. The zero-order chi connectivity index (χ0) is 12.1. The molecule has 2 atom stereocenters. The summed E-state index contributed by atoms with van der Waals surface area (Å²) >= 11 is 0. The zero-order valence-electron chi connectivity index (χ0n) is 9.76. The van der Waals surface area contributed by atoms with Crippen LogP contribution in [-0.4, -0.2) is 12.1 Å². The van der Waals surface area contributed by atoms with E-state index in [0.717, 1.165) is 19.3 Å². The normalized spacial score (nSPS) is 23.7. The third-order valence-corrected chi connectivity index (χ3v) is 3.31. The van der Waals surface area contributed by atoms with Crippen LogP contribution in [0.25, 0.3) is 0 Å². The summed E-state index contributed by atoms with van der Waals surface area (Å²) in [4.78, 5) is 11.2. The van der Waals surface area contributed by atoms with E-state index < -0.39 is 5.97 Å². The molecule has 2 rings (SSSR count). The van der Waals surface area contributed by atoms with Gasteiger partial charge in [-0.3, -0.25) is 0 Å². The Balaban J connectivity index is 2.13. The third-order valence-electron chi connectivity index (χ3n) is 3.31. The van der Waals surface area contributed by atoms with Crippen molar-refractivity contribution in [3.05, 3.63) is 35.9 Å². The molecule has 1 aliphatic rings. The Bertz CT molecular complexity index is 416. The Kier molecular flexibility index (Phi) is 3.82. The van der Waals surface area contributed by atoms with Crippen molar-refractivity contribution in [2.75, 3.05) is 0 Å². The fraction of sp³-hybridized carbons (Fsp3) is 0.400. The van der Waals surface area contributed by atoms with Gasteiger partial charge in [-0.05, 0) is 24.8 Å². The summed E-state index contributed by atoms with van der Waals surface area (Å²) in [5, 5.41) is 0. The summed E-state index contributed by atoms with van der Waals surface area (Å²) in [7, 11) is 0. The number of hydrogen-bond acceptors (Lipinski definition) is 2. The van der Waals surface area contributed by atoms with E-state index in [1.165, 1.54) is 12.0 Å². The number of benzene rings is 1. The van der Waals surface area contributed by atoms with E-state index in [1.54, 1.807) is 0 Å². The first-order valence-electron chi connectivity index (χ1n) is 6.03. The van der Waals surface area contributed by atoms with Crippen LogP contribution in [0.3, 0.4) is 0 Å². The van der Waals surface area contributed by atoms with Crippen LogP contribution >= 0.6 is 0 Å². The van der Waals surface area contributed by atoms with Gasteiger partial charge in [0.05, 0.1) is 0 Å². The van der Waals surface area contributed by atoms with Crippen LogP contribution in [0.1, 0.15) is 37.2 Å². The molecule has 2 nitrogen and oxygen atoms in total. The lowest BCUT2D eigenvalue weighted by atomic mass is 9.81. The highest BCUT2D eigenvalue weighted by Crippen LogP contribution is 2.34. The molecule has 0 saturated heterocycles. The first kappa shape index (κ1) is 11.7. The smallest absolute Gasteiger partial charge is 0.384 e. The predicted octanol–water partition coefficient (Wildman–Crippen LogP) is 2.89. The van der Waals surface area contributed by atoms with Crippen molar-refractivity contribution in [3.63, 3.8) is 0 Å². The van der Waals surface area contributed by atoms with Gasteiger partial charge in [-0.2, -0.15) is 0 Å². The number of carbonyl (C=O) groups is 1. The van der Waals surface area contributed by atoms with Gasteiger partial charge >= 0.3 is 5.97 Å². The molecule has 17 heavy (non-hydrogen) atoms. The summed E-state index contributed by atoms with van der Waals surface area (Å²) in [6, 6.07) is 10.2. The second kappa shape index (κ2) is 5.54. The summed E-state index contributed by atoms with van der Waals surface area (Å²) < 4.78 is 5.33. The third kappa shape index (κ3) is 2.88. The van der Waals surface area contributed by atoms with E-state index >= 15 is 0 Å². The second-order valence-electron chi connectivity index (χ2n) is 4.39. The van der Waals surface area contributed by atoms with Crippen LogP contribution in [0.4, 0.5) is 0 Å². The molecule has 0 bridgehead atoms. The molecular formula is C15H16O2. The summed E-state index contributed by atoms with van der Waals surface area (Å²) in [5.41, 5.74) is 1.24. The molecule has 1 aromatic rings. The minimum absolute atomic E-state index is 0.0605. The van der Waals surface area contributed by atoms with Gasteiger partial charge in [0.1, 0.15) is 6.10 Å². The summed E-state index contributed by atoms with van der Waals surface area (Å²) in [5.74, 6) is 1.77. The Morgan fingerprint density at radius 3 is 2.65 bits per heavy atom. The number of terminal acetylenes is 1. The molecule has 2 heteroatoms. The summed E-state index contributed by atoms with van der Waals surface area (Å²) in [6.45, 7) is 0. The van der Waals surface area contributed by atoms with Gasteiger partial charge in [0, 0.05) is 11.8 Å². The van der Waals surface area contributed by atoms with Crippen LogP contribution in [-0.2, 0) is 9.53 Å². The summed E-state index contributed by atoms with van der Waals surface area (Å²) in [6.07, 6.45) is 9.25. The minimum Gasteiger partial charge on any atom is -0.452 e. The lowest BCUT2D eigenvalue weighted by Crippen LogP contribution is -2.28. The SMILES string of the molecule is C#CC(=O)O[C@@H]1CCCC[C@H]1c1ccccc1. The van der Waals surface area contributed by atoms with Crippen LogP contribution in [0.2, 0.25) is 0 Å². The molecule has 0 heterocycles. The maximum atomic E-state index is 11.2. The first-order chi connectivity index (χ1) is 8.31. The Labute approximate surface area is 102 Å². The van der Waals surface area contributed by atoms with Crippen LogP contribution < -0.4 is 0 Å². The molecular weight excluding hydrogens is 212 g/mol. The number of carbonyl (C=O) groups excluding carboxylic acids is 1. The van der Waals surface area contributed by atoms with E-state index in [-0.39, 0.29) is 6.10 Å². The number of esters is 1. The average Bonchev–Trinajstić information content (AvgIpc) is 2.40. The van der Waals surface area contributed by atoms with Crippen LogP contribution in [0, 0.1) is 12.3 Å². The number of rotatable bonds is 2. The maximum Gasteiger partial charge on any atom is 0.384 e. The van der Waals surface area contributed by atoms with Gasteiger partial charge in [-0.15, -0.1) is 6.42 Å². The molecule has 0 spiro atoms. The topological polar surface area (TPSA) is 26.3 Å². The zero-order valence-corrected chi connectivity index (χ0v) is 9.76. The van der Waals surface area contributed by atoms with Crippen molar-refractivity contribution in [1.29, 1.82) is 0 Å². The van der Waals surface area contributed by atoms with Gasteiger partial charge in [0.25, 0.3) is 0 Å². The van der Waals surface area contributed by atoms with E-state index in [1.807, 2.05) is 24.1 Å². The highest BCUT2D eigenvalue weighted by atomic mass is 16.5. The highest BCUT2D eigenvalue weighted by Gasteiger charge is 2.28.